The smallest absolute Gasteiger partial charge is 0.342 e. The molecule has 168 valence electrons. The van der Waals surface area contributed by atoms with E-state index >= 15 is 0 Å². The number of benzene rings is 3. The van der Waals surface area contributed by atoms with Crippen LogP contribution < -0.4 is 10.1 Å². The van der Waals surface area contributed by atoms with Crippen molar-refractivity contribution in [1.29, 1.82) is 0 Å². The van der Waals surface area contributed by atoms with Crippen molar-refractivity contribution in [2.45, 2.75) is 31.8 Å². The number of ether oxygens (including phenoxy) is 1. The van der Waals surface area contributed by atoms with Crippen LogP contribution in [0.4, 0.5) is 14.9 Å². The molecule has 2 heterocycles. The number of nitrogens with zero attached hydrogens (tertiary/aromatic N) is 2. The van der Waals surface area contributed by atoms with Gasteiger partial charge in [0.05, 0.1) is 12.3 Å². The summed E-state index contributed by atoms with van der Waals surface area (Å²) in [6, 6.07) is 19.0. The Morgan fingerprint density at radius 1 is 1.12 bits per heavy atom. The van der Waals surface area contributed by atoms with Crippen molar-refractivity contribution in [3.05, 3.63) is 94.3 Å². The number of carbonyl (C=O) groups is 1. The molecule has 0 saturated heterocycles. The molecule has 1 atom stereocenters. The topological polar surface area (TPSA) is 53.9 Å². The van der Waals surface area contributed by atoms with Crippen molar-refractivity contribution in [1.82, 2.24) is 5.01 Å². The first-order chi connectivity index (χ1) is 15.8. The van der Waals surface area contributed by atoms with Crippen molar-refractivity contribution >= 4 is 29.0 Å². The highest BCUT2D eigenvalue weighted by atomic mass is 35.5. The molecule has 0 aliphatic carbocycles. The van der Waals surface area contributed by atoms with E-state index < -0.39 is 0 Å². The normalized spacial score (nSPS) is 18.5. The van der Waals surface area contributed by atoms with Gasteiger partial charge in [0.15, 0.2) is 0 Å². The molecule has 3 aromatic carbocycles. The van der Waals surface area contributed by atoms with Crippen LogP contribution in [0.3, 0.4) is 0 Å². The molecule has 1 unspecified atom stereocenters. The van der Waals surface area contributed by atoms with E-state index in [0.717, 1.165) is 34.6 Å². The summed E-state index contributed by atoms with van der Waals surface area (Å²) in [5.74, 6) is 0.352. The predicted octanol–water partition coefficient (Wildman–Crippen LogP) is 6.23. The largest absolute Gasteiger partial charge is 0.487 e. The van der Waals surface area contributed by atoms with Gasteiger partial charge in [0, 0.05) is 28.6 Å². The van der Waals surface area contributed by atoms with Crippen LogP contribution in [0.1, 0.15) is 36.5 Å². The first-order valence-corrected chi connectivity index (χ1v) is 11.2. The minimum atomic E-state index is -0.329. The zero-order valence-corrected chi connectivity index (χ0v) is 19.1. The van der Waals surface area contributed by atoms with Crippen molar-refractivity contribution in [2.24, 2.45) is 5.10 Å². The van der Waals surface area contributed by atoms with Crippen LogP contribution in [0.15, 0.2) is 71.8 Å². The monoisotopic (exact) mass is 463 g/mol. The van der Waals surface area contributed by atoms with Gasteiger partial charge < -0.3 is 10.1 Å². The third-order valence-electron chi connectivity index (χ3n) is 5.87. The van der Waals surface area contributed by atoms with Gasteiger partial charge in [0.2, 0.25) is 0 Å². The summed E-state index contributed by atoms with van der Waals surface area (Å²) in [7, 11) is 0. The maximum Gasteiger partial charge on any atom is 0.342 e. The summed E-state index contributed by atoms with van der Waals surface area (Å²) in [6.07, 6.45) is 0.779. The third kappa shape index (κ3) is 4.44. The Hall–Kier alpha value is -3.38. The van der Waals surface area contributed by atoms with Gasteiger partial charge in [-0.25, -0.2) is 14.2 Å². The van der Waals surface area contributed by atoms with Crippen molar-refractivity contribution in [2.75, 3.05) is 11.9 Å². The van der Waals surface area contributed by atoms with Crippen LogP contribution >= 0.6 is 11.6 Å². The Morgan fingerprint density at radius 3 is 2.58 bits per heavy atom. The van der Waals surface area contributed by atoms with E-state index in [2.05, 4.69) is 10.4 Å². The number of anilines is 1. The van der Waals surface area contributed by atoms with Gasteiger partial charge in [-0.1, -0.05) is 35.9 Å². The number of hydrazone groups is 1. The second kappa shape index (κ2) is 8.19. The summed E-state index contributed by atoms with van der Waals surface area (Å²) in [6.45, 7) is 4.42. The van der Waals surface area contributed by atoms with E-state index in [1.54, 1.807) is 24.3 Å². The van der Waals surface area contributed by atoms with Gasteiger partial charge in [0.1, 0.15) is 17.2 Å². The van der Waals surface area contributed by atoms with Gasteiger partial charge in [0.25, 0.3) is 0 Å². The number of carbonyl (C=O) groups excluding carboxylic acids is 1. The molecule has 1 N–H and O–H groups in total. The van der Waals surface area contributed by atoms with Crippen LogP contribution in [0.2, 0.25) is 5.02 Å². The number of rotatable bonds is 3. The van der Waals surface area contributed by atoms with E-state index in [1.165, 1.54) is 17.1 Å². The Balaban J connectivity index is 1.40. The highest BCUT2D eigenvalue weighted by Gasteiger charge is 2.33. The molecule has 7 heteroatoms. The predicted molar refractivity (Wildman–Crippen MR) is 128 cm³/mol. The molecule has 0 saturated carbocycles. The van der Waals surface area contributed by atoms with E-state index in [1.807, 2.05) is 44.2 Å². The third-order valence-corrected chi connectivity index (χ3v) is 6.13. The van der Waals surface area contributed by atoms with E-state index in [-0.39, 0.29) is 23.4 Å². The number of nitrogens with one attached hydrogen (secondary N) is 1. The minimum Gasteiger partial charge on any atom is -0.487 e. The van der Waals surface area contributed by atoms with Gasteiger partial charge >= 0.3 is 6.03 Å². The fraction of sp³-hybridized carbons (Fsp3) is 0.231. The fourth-order valence-corrected chi connectivity index (χ4v) is 4.47. The number of urea groups is 1. The standard InChI is InChI=1S/C26H23ClFN3O2/c1-26(2)14-18-13-21(11-12-23(18)33-26)29-25(32)31-15-22(16-5-9-20(28)10-6-16)24(30-31)17-3-7-19(27)8-4-17/h3-13,22H,14-15H2,1-2H3,(H,29,32). The van der Waals surface area contributed by atoms with Crippen molar-refractivity contribution < 1.29 is 13.9 Å². The molecule has 2 amide bonds. The van der Waals surface area contributed by atoms with Crippen molar-refractivity contribution in [3.63, 3.8) is 0 Å². The molecule has 0 fully saturated rings. The van der Waals surface area contributed by atoms with E-state index in [4.69, 9.17) is 16.3 Å². The molecule has 3 aromatic rings. The van der Waals surface area contributed by atoms with Gasteiger partial charge in [-0.2, -0.15) is 5.10 Å². The van der Waals surface area contributed by atoms with Gasteiger partial charge in [-0.15, -0.1) is 0 Å². The molecular formula is C26H23ClFN3O2. The molecule has 0 bridgehead atoms. The Labute approximate surface area is 196 Å². The second-order valence-electron chi connectivity index (χ2n) is 8.97. The molecule has 2 aliphatic rings. The maximum atomic E-state index is 13.5. The van der Waals surface area contributed by atoms with Crippen molar-refractivity contribution in [3.8, 4) is 5.75 Å². The lowest BCUT2D eigenvalue weighted by atomic mass is 9.90. The molecule has 5 nitrogen and oxygen atoms in total. The zero-order chi connectivity index (χ0) is 23.2. The summed E-state index contributed by atoms with van der Waals surface area (Å²) in [4.78, 5) is 13.1. The second-order valence-corrected chi connectivity index (χ2v) is 9.41. The fourth-order valence-electron chi connectivity index (χ4n) is 4.34. The van der Waals surface area contributed by atoms with Gasteiger partial charge in [-0.3, -0.25) is 0 Å². The summed E-state index contributed by atoms with van der Waals surface area (Å²) in [5, 5.41) is 9.62. The molecule has 2 aliphatic heterocycles. The molecular weight excluding hydrogens is 441 g/mol. The molecule has 0 radical (unpaired) electrons. The summed E-state index contributed by atoms with van der Waals surface area (Å²) >= 11 is 6.05. The lowest BCUT2D eigenvalue weighted by molar-refractivity contribution is 0.138. The maximum absolute atomic E-state index is 13.5. The Bertz CT molecular complexity index is 1240. The van der Waals surface area contributed by atoms with E-state index in [9.17, 15) is 9.18 Å². The highest BCUT2D eigenvalue weighted by Crippen LogP contribution is 2.36. The quantitative estimate of drug-likeness (QED) is 0.500. The highest BCUT2D eigenvalue weighted by molar-refractivity contribution is 6.30. The van der Waals surface area contributed by atoms with Crippen LogP contribution in [0.5, 0.6) is 5.75 Å². The Morgan fingerprint density at radius 2 is 1.85 bits per heavy atom. The summed E-state index contributed by atoms with van der Waals surface area (Å²) < 4.78 is 19.4. The van der Waals surface area contributed by atoms with E-state index in [0.29, 0.717) is 17.3 Å². The Kier molecular flexibility index (Phi) is 5.33. The first kappa shape index (κ1) is 21.5. The number of halogens is 2. The van der Waals surface area contributed by atoms with Crippen LogP contribution in [0.25, 0.3) is 0 Å². The number of hydrogen-bond donors (Lipinski definition) is 1. The number of amides is 2. The first-order valence-electron chi connectivity index (χ1n) is 10.8. The zero-order valence-electron chi connectivity index (χ0n) is 18.3. The average Bonchev–Trinajstić information content (AvgIpc) is 3.34. The molecule has 0 spiro atoms. The molecule has 5 rings (SSSR count). The lowest BCUT2D eigenvalue weighted by Gasteiger charge is -2.16. The molecule has 0 aromatic heterocycles. The lowest BCUT2D eigenvalue weighted by Crippen LogP contribution is -2.30. The van der Waals surface area contributed by atoms with Gasteiger partial charge in [-0.05, 0) is 67.4 Å². The SMILES string of the molecule is CC1(C)Cc2cc(NC(=O)N3CC(c4ccc(F)cc4)C(c4ccc(Cl)cc4)=N3)ccc2O1. The number of hydrogen-bond acceptors (Lipinski definition) is 3. The van der Waals surface area contributed by atoms with Crippen LogP contribution in [-0.4, -0.2) is 28.9 Å². The summed E-state index contributed by atoms with van der Waals surface area (Å²) in [5.41, 5.74) is 3.98. The molecule has 33 heavy (non-hydrogen) atoms. The van der Waals surface area contributed by atoms with Crippen LogP contribution in [-0.2, 0) is 6.42 Å². The average molecular weight is 464 g/mol. The van der Waals surface area contributed by atoms with Crippen LogP contribution in [0, 0.1) is 5.82 Å². The number of fused-ring (bicyclic) bond motifs is 1. The minimum absolute atomic E-state index is 0.188.